The van der Waals surface area contributed by atoms with Crippen LogP contribution in [0.2, 0.25) is 0 Å². The summed E-state index contributed by atoms with van der Waals surface area (Å²) in [5, 5.41) is 1.93. The molecule has 6 heteroatoms. The second-order valence-corrected chi connectivity index (χ2v) is 8.32. The number of hydrogen-bond acceptors (Lipinski definition) is 6. The molecule has 2 atom stereocenters. The number of hydrogen-bond donors (Lipinski definition) is 0. The summed E-state index contributed by atoms with van der Waals surface area (Å²) in [4.78, 5) is 10.8. The van der Waals surface area contributed by atoms with Crippen molar-refractivity contribution in [2.24, 2.45) is 0 Å². The quantitative estimate of drug-likeness (QED) is 0.847. The number of thioether (sulfide) groups is 1. The van der Waals surface area contributed by atoms with Crippen LogP contribution < -0.4 is 0 Å². The molecule has 2 aliphatic rings. The molecule has 2 fully saturated rings. The molecule has 0 saturated carbocycles. The van der Waals surface area contributed by atoms with Gasteiger partial charge in [0.2, 0.25) is 0 Å². The number of aromatic nitrogens is 1. The Morgan fingerprint density at radius 2 is 2.40 bits per heavy atom. The molecule has 112 valence electrons. The van der Waals surface area contributed by atoms with E-state index in [9.17, 15) is 0 Å². The number of fused-ring (bicyclic) bond motifs is 1. The minimum absolute atomic E-state index is 0.665. The molecule has 0 aromatic carbocycles. The molecule has 0 radical (unpaired) electrons. The van der Waals surface area contributed by atoms with E-state index < -0.39 is 0 Å². The second-order valence-electron chi connectivity index (χ2n) is 5.77. The van der Waals surface area contributed by atoms with Crippen LogP contribution in [0.3, 0.4) is 0 Å². The van der Waals surface area contributed by atoms with Crippen LogP contribution in [0.25, 0.3) is 0 Å². The molecule has 2 aliphatic heterocycles. The van der Waals surface area contributed by atoms with E-state index in [1.54, 1.807) is 0 Å². The Hall–Kier alpha value is -0.140. The zero-order valence-corrected chi connectivity index (χ0v) is 13.9. The highest BCUT2D eigenvalue weighted by atomic mass is 32.2. The van der Waals surface area contributed by atoms with Gasteiger partial charge in [-0.2, -0.15) is 11.8 Å². The average Bonchev–Trinajstić information content (AvgIpc) is 2.86. The van der Waals surface area contributed by atoms with Crippen LogP contribution in [0.1, 0.15) is 16.3 Å². The Morgan fingerprint density at radius 1 is 1.50 bits per heavy atom. The Labute approximate surface area is 129 Å². The Balaban J connectivity index is 1.62. The summed E-state index contributed by atoms with van der Waals surface area (Å²) < 4.78 is 5.62. The van der Waals surface area contributed by atoms with Gasteiger partial charge in [-0.15, -0.1) is 11.3 Å². The van der Waals surface area contributed by atoms with E-state index in [0.29, 0.717) is 11.3 Å². The summed E-state index contributed by atoms with van der Waals surface area (Å²) in [6.07, 6.45) is 3.22. The van der Waals surface area contributed by atoms with Gasteiger partial charge in [0.25, 0.3) is 0 Å². The normalized spacial score (nSPS) is 27.8. The third-order valence-electron chi connectivity index (χ3n) is 3.86. The summed E-state index contributed by atoms with van der Waals surface area (Å²) in [6.45, 7) is 5.04. The fraction of sp³-hybridized carbons (Fsp3) is 0.786. The maximum atomic E-state index is 5.62. The standard InChI is InChI=1S/C14H23N3OS2/c1-16(2)8-11-7-15-14(20-11)9-17-4-6-19-13-10-18-5-3-12(13)17/h7,12-13H,3-6,8-10H2,1-2H3/t12-,13+/m0/s1. The van der Waals surface area contributed by atoms with E-state index in [1.165, 1.54) is 28.6 Å². The lowest BCUT2D eigenvalue weighted by Crippen LogP contribution is -2.51. The van der Waals surface area contributed by atoms with Gasteiger partial charge in [-0.05, 0) is 20.5 Å². The molecular formula is C14H23N3OS2. The van der Waals surface area contributed by atoms with Crippen LogP contribution in [0, 0.1) is 0 Å². The Bertz CT molecular complexity index is 436. The molecule has 0 amide bonds. The highest BCUT2D eigenvalue weighted by Gasteiger charge is 2.34. The van der Waals surface area contributed by atoms with Gasteiger partial charge in [-0.1, -0.05) is 0 Å². The summed E-state index contributed by atoms with van der Waals surface area (Å²) in [6, 6.07) is 0.684. The fourth-order valence-corrected chi connectivity index (χ4v) is 5.37. The third kappa shape index (κ3) is 3.54. The van der Waals surface area contributed by atoms with Crippen molar-refractivity contribution in [3.05, 3.63) is 16.1 Å². The summed E-state index contributed by atoms with van der Waals surface area (Å²) in [7, 11) is 4.21. The maximum absolute atomic E-state index is 5.62. The number of nitrogens with zero attached hydrogens (tertiary/aromatic N) is 3. The van der Waals surface area contributed by atoms with E-state index in [1.807, 2.05) is 17.5 Å². The largest absolute Gasteiger partial charge is 0.380 e. The van der Waals surface area contributed by atoms with E-state index in [2.05, 4.69) is 40.6 Å². The third-order valence-corrected chi connectivity index (χ3v) is 6.12. The van der Waals surface area contributed by atoms with Gasteiger partial charge in [0.1, 0.15) is 5.01 Å². The molecule has 2 saturated heterocycles. The molecular weight excluding hydrogens is 290 g/mol. The monoisotopic (exact) mass is 313 g/mol. The predicted molar refractivity (Wildman–Crippen MR) is 85.4 cm³/mol. The molecule has 0 unspecified atom stereocenters. The first-order valence-corrected chi connectivity index (χ1v) is 9.10. The molecule has 20 heavy (non-hydrogen) atoms. The predicted octanol–water partition coefficient (Wildman–Crippen LogP) is 1.91. The molecule has 1 aromatic rings. The SMILES string of the molecule is CN(C)Cc1cnc(CN2CCS[C@@H]3COCC[C@@H]32)s1. The molecule has 0 aliphatic carbocycles. The molecule has 1 aromatic heterocycles. The van der Waals surface area contributed by atoms with Gasteiger partial charge in [0.15, 0.2) is 0 Å². The van der Waals surface area contributed by atoms with Crippen molar-refractivity contribution in [3.63, 3.8) is 0 Å². The minimum atomic E-state index is 0.665. The van der Waals surface area contributed by atoms with Crippen molar-refractivity contribution in [3.8, 4) is 0 Å². The van der Waals surface area contributed by atoms with E-state index >= 15 is 0 Å². The zero-order chi connectivity index (χ0) is 13.9. The topological polar surface area (TPSA) is 28.6 Å². The van der Waals surface area contributed by atoms with Gasteiger partial charge < -0.3 is 9.64 Å². The van der Waals surface area contributed by atoms with Crippen molar-refractivity contribution >= 4 is 23.1 Å². The number of rotatable bonds is 4. The van der Waals surface area contributed by atoms with Crippen molar-refractivity contribution in [1.82, 2.24) is 14.8 Å². The maximum Gasteiger partial charge on any atom is 0.107 e. The summed E-state index contributed by atoms with van der Waals surface area (Å²) in [5.74, 6) is 1.22. The van der Waals surface area contributed by atoms with Crippen molar-refractivity contribution in [1.29, 1.82) is 0 Å². The average molecular weight is 313 g/mol. The van der Waals surface area contributed by atoms with E-state index in [-0.39, 0.29) is 0 Å². The lowest BCUT2D eigenvalue weighted by molar-refractivity contribution is 0.0351. The highest BCUT2D eigenvalue weighted by Crippen LogP contribution is 2.31. The van der Waals surface area contributed by atoms with Crippen molar-refractivity contribution in [2.75, 3.05) is 39.6 Å². The Kier molecular flexibility index (Phi) is 4.99. The van der Waals surface area contributed by atoms with Gasteiger partial charge in [-0.3, -0.25) is 4.90 Å². The van der Waals surface area contributed by atoms with Crippen LogP contribution in [0.4, 0.5) is 0 Å². The van der Waals surface area contributed by atoms with Gasteiger partial charge in [0.05, 0.1) is 13.2 Å². The van der Waals surface area contributed by atoms with Crippen LogP contribution >= 0.6 is 23.1 Å². The highest BCUT2D eigenvalue weighted by molar-refractivity contribution is 8.00. The zero-order valence-electron chi connectivity index (χ0n) is 12.2. The van der Waals surface area contributed by atoms with Gasteiger partial charge in [-0.25, -0.2) is 4.98 Å². The fourth-order valence-electron chi connectivity index (χ4n) is 2.94. The molecule has 0 N–H and O–H groups in total. The lowest BCUT2D eigenvalue weighted by Gasteiger charge is -2.43. The lowest BCUT2D eigenvalue weighted by atomic mass is 10.1. The van der Waals surface area contributed by atoms with Crippen LogP contribution in [-0.2, 0) is 17.8 Å². The first kappa shape index (κ1) is 14.8. The molecule has 0 spiro atoms. The minimum Gasteiger partial charge on any atom is -0.380 e. The van der Waals surface area contributed by atoms with Crippen LogP contribution in [0.5, 0.6) is 0 Å². The van der Waals surface area contributed by atoms with Crippen LogP contribution in [-0.4, -0.2) is 65.7 Å². The van der Waals surface area contributed by atoms with Crippen molar-refractivity contribution in [2.45, 2.75) is 30.8 Å². The van der Waals surface area contributed by atoms with E-state index in [4.69, 9.17) is 4.74 Å². The molecule has 3 heterocycles. The first-order valence-electron chi connectivity index (χ1n) is 7.24. The molecule has 0 bridgehead atoms. The summed E-state index contributed by atoms with van der Waals surface area (Å²) in [5.41, 5.74) is 0. The van der Waals surface area contributed by atoms with Crippen molar-refractivity contribution < 1.29 is 4.74 Å². The van der Waals surface area contributed by atoms with Crippen LogP contribution in [0.15, 0.2) is 6.20 Å². The first-order chi connectivity index (χ1) is 9.72. The van der Waals surface area contributed by atoms with Gasteiger partial charge >= 0.3 is 0 Å². The number of ether oxygens (including phenoxy) is 1. The summed E-state index contributed by atoms with van der Waals surface area (Å²) >= 11 is 3.95. The number of thiazole rings is 1. The Morgan fingerprint density at radius 3 is 3.25 bits per heavy atom. The van der Waals surface area contributed by atoms with Gasteiger partial charge in [0, 0.05) is 47.8 Å². The molecule has 4 nitrogen and oxygen atoms in total. The smallest absolute Gasteiger partial charge is 0.107 e. The molecule has 3 rings (SSSR count). The second kappa shape index (κ2) is 6.75. The van der Waals surface area contributed by atoms with E-state index in [0.717, 1.165) is 26.3 Å².